The van der Waals surface area contributed by atoms with Gasteiger partial charge in [-0.05, 0) is 43.5 Å². The Morgan fingerprint density at radius 1 is 1.03 bits per heavy atom. The largest absolute Gasteiger partial charge is 0.490 e. The number of fused-ring (bicyclic) bond motifs is 1. The molecule has 1 atom stereocenters. The average Bonchev–Trinajstić information content (AvgIpc) is 3.01. The lowest BCUT2D eigenvalue weighted by atomic mass is 10.1. The fraction of sp³-hybridized carbons (Fsp3) is 0.360. The molecule has 0 saturated carbocycles. The normalized spacial score (nSPS) is 13.7. The molecule has 0 fully saturated rings. The zero-order valence-corrected chi connectivity index (χ0v) is 18.4. The van der Waals surface area contributed by atoms with Gasteiger partial charge in [-0.3, -0.25) is 14.5 Å². The molecule has 0 spiro atoms. The maximum Gasteiger partial charge on any atom is 0.259 e. The third-order valence-electron chi connectivity index (χ3n) is 5.11. The maximum atomic E-state index is 12.7. The first-order valence-electron chi connectivity index (χ1n) is 10.7. The monoisotopic (exact) mass is 422 g/mol. The highest BCUT2D eigenvalue weighted by Crippen LogP contribution is 2.32. The second-order valence-corrected chi connectivity index (χ2v) is 7.58. The van der Waals surface area contributed by atoms with Crippen molar-refractivity contribution in [1.29, 1.82) is 0 Å². The molecule has 164 valence electrons. The molecule has 2 aromatic carbocycles. The standard InChI is InChI=1S/C25H30N2O4/c1-5-13-30-22-12-11-19(15-23(22)31-14-6-2)17(3)26-24(28)16-27-18(4)20-9-7-8-10-21(20)25(27)29/h7-12,15,17H,4-6,13-14,16H2,1-3H3,(H,26,28). The third-order valence-corrected chi connectivity index (χ3v) is 5.11. The smallest absolute Gasteiger partial charge is 0.259 e. The van der Waals surface area contributed by atoms with Crippen molar-refractivity contribution in [2.24, 2.45) is 0 Å². The highest BCUT2D eigenvalue weighted by molar-refractivity contribution is 6.10. The van der Waals surface area contributed by atoms with Gasteiger partial charge in [0.2, 0.25) is 5.91 Å². The Hall–Kier alpha value is -3.28. The Morgan fingerprint density at radius 3 is 2.32 bits per heavy atom. The molecule has 3 rings (SSSR count). The molecule has 1 unspecified atom stereocenters. The Balaban J connectivity index is 1.67. The zero-order chi connectivity index (χ0) is 22.4. The molecule has 6 heteroatoms. The van der Waals surface area contributed by atoms with Crippen LogP contribution in [0.15, 0.2) is 49.0 Å². The first-order valence-corrected chi connectivity index (χ1v) is 10.7. The molecule has 0 aromatic heterocycles. The highest BCUT2D eigenvalue weighted by atomic mass is 16.5. The van der Waals surface area contributed by atoms with E-state index in [-0.39, 0.29) is 24.4 Å². The second kappa shape index (κ2) is 10.2. The van der Waals surface area contributed by atoms with E-state index in [2.05, 4.69) is 18.8 Å². The van der Waals surface area contributed by atoms with E-state index in [0.717, 1.165) is 24.0 Å². The zero-order valence-electron chi connectivity index (χ0n) is 18.4. The van der Waals surface area contributed by atoms with E-state index >= 15 is 0 Å². The number of amides is 2. The van der Waals surface area contributed by atoms with Gasteiger partial charge in [-0.1, -0.05) is 44.7 Å². The van der Waals surface area contributed by atoms with E-state index in [1.165, 1.54) is 4.90 Å². The van der Waals surface area contributed by atoms with Gasteiger partial charge in [-0.15, -0.1) is 0 Å². The van der Waals surface area contributed by atoms with E-state index in [1.807, 2.05) is 50.2 Å². The van der Waals surface area contributed by atoms with Crippen LogP contribution < -0.4 is 14.8 Å². The van der Waals surface area contributed by atoms with E-state index < -0.39 is 0 Å². The summed E-state index contributed by atoms with van der Waals surface area (Å²) in [7, 11) is 0. The van der Waals surface area contributed by atoms with Gasteiger partial charge in [-0.25, -0.2) is 0 Å². The molecule has 31 heavy (non-hydrogen) atoms. The predicted molar refractivity (Wildman–Crippen MR) is 121 cm³/mol. The van der Waals surface area contributed by atoms with Crippen LogP contribution in [0, 0.1) is 0 Å². The molecule has 6 nitrogen and oxygen atoms in total. The van der Waals surface area contributed by atoms with Crippen LogP contribution >= 0.6 is 0 Å². The van der Waals surface area contributed by atoms with E-state index in [9.17, 15) is 9.59 Å². The summed E-state index contributed by atoms with van der Waals surface area (Å²) in [6.07, 6.45) is 1.80. The van der Waals surface area contributed by atoms with Gasteiger partial charge < -0.3 is 14.8 Å². The van der Waals surface area contributed by atoms with Crippen molar-refractivity contribution in [3.8, 4) is 11.5 Å². The fourth-order valence-corrected chi connectivity index (χ4v) is 3.47. The molecule has 1 heterocycles. The molecular weight excluding hydrogens is 392 g/mol. The topological polar surface area (TPSA) is 67.9 Å². The Kier molecular flexibility index (Phi) is 7.34. The summed E-state index contributed by atoms with van der Waals surface area (Å²) in [4.78, 5) is 26.7. The Labute approximate surface area is 183 Å². The van der Waals surface area contributed by atoms with Crippen molar-refractivity contribution in [2.45, 2.75) is 39.7 Å². The van der Waals surface area contributed by atoms with E-state index in [4.69, 9.17) is 9.47 Å². The van der Waals surface area contributed by atoms with Crippen LogP contribution in [-0.2, 0) is 4.79 Å². The lowest BCUT2D eigenvalue weighted by Gasteiger charge is -2.21. The quantitative estimate of drug-likeness (QED) is 0.609. The summed E-state index contributed by atoms with van der Waals surface area (Å²) in [5.74, 6) is 0.926. The number of ether oxygens (including phenoxy) is 2. The third kappa shape index (κ3) is 5.08. The molecule has 0 radical (unpaired) electrons. The summed E-state index contributed by atoms with van der Waals surface area (Å²) in [6.45, 7) is 11.1. The molecule has 1 N–H and O–H groups in total. The molecular formula is C25H30N2O4. The van der Waals surface area contributed by atoms with Crippen LogP contribution in [0.2, 0.25) is 0 Å². The number of benzene rings is 2. The number of carbonyl (C=O) groups excluding carboxylic acids is 2. The molecule has 1 aliphatic rings. The minimum atomic E-state index is -0.259. The van der Waals surface area contributed by atoms with Gasteiger partial charge >= 0.3 is 0 Å². The van der Waals surface area contributed by atoms with E-state index in [0.29, 0.717) is 36.0 Å². The van der Waals surface area contributed by atoms with Gasteiger partial charge in [0.15, 0.2) is 11.5 Å². The van der Waals surface area contributed by atoms with Crippen molar-refractivity contribution >= 4 is 17.5 Å². The molecule has 0 bridgehead atoms. The summed E-state index contributed by atoms with van der Waals surface area (Å²) in [5.41, 5.74) is 2.80. The lowest BCUT2D eigenvalue weighted by molar-refractivity contribution is -0.121. The maximum absolute atomic E-state index is 12.7. The first-order chi connectivity index (χ1) is 15.0. The van der Waals surface area contributed by atoms with Gasteiger partial charge in [0, 0.05) is 16.8 Å². The van der Waals surface area contributed by atoms with Crippen molar-refractivity contribution in [2.75, 3.05) is 19.8 Å². The molecule has 1 aliphatic heterocycles. The number of nitrogens with zero attached hydrogens (tertiary/aromatic N) is 1. The fourth-order valence-electron chi connectivity index (χ4n) is 3.47. The summed E-state index contributed by atoms with van der Waals surface area (Å²) < 4.78 is 11.6. The molecule has 0 aliphatic carbocycles. The molecule has 2 aromatic rings. The Bertz CT molecular complexity index is 935. The van der Waals surface area contributed by atoms with Crippen LogP contribution in [0.3, 0.4) is 0 Å². The summed E-state index contributed by atoms with van der Waals surface area (Å²) in [6, 6.07) is 12.7. The lowest BCUT2D eigenvalue weighted by Crippen LogP contribution is -2.37. The van der Waals surface area contributed by atoms with E-state index in [1.54, 1.807) is 6.07 Å². The van der Waals surface area contributed by atoms with Crippen LogP contribution in [0.5, 0.6) is 11.5 Å². The van der Waals surface area contributed by atoms with Crippen molar-refractivity contribution < 1.29 is 19.1 Å². The van der Waals surface area contributed by atoms with Crippen LogP contribution in [0.4, 0.5) is 0 Å². The molecule has 2 amide bonds. The number of carbonyl (C=O) groups is 2. The minimum Gasteiger partial charge on any atom is -0.490 e. The van der Waals surface area contributed by atoms with Gasteiger partial charge in [-0.2, -0.15) is 0 Å². The average molecular weight is 423 g/mol. The van der Waals surface area contributed by atoms with Gasteiger partial charge in [0.05, 0.1) is 19.3 Å². The number of rotatable bonds is 10. The first kappa shape index (κ1) is 22.4. The van der Waals surface area contributed by atoms with Crippen LogP contribution in [0.1, 0.15) is 61.1 Å². The number of hydrogen-bond acceptors (Lipinski definition) is 4. The number of nitrogens with one attached hydrogen (secondary N) is 1. The van der Waals surface area contributed by atoms with Crippen molar-refractivity contribution in [3.63, 3.8) is 0 Å². The SMILES string of the molecule is C=C1c2ccccc2C(=O)N1CC(=O)NC(C)c1ccc(OCCC)c(OCCC)c1. The second-order valence-electron chi connectivity index (χ2n) is 7.58. The van der Waals surface area contributed by atoms with Crippen molar-refractivity contribution in [1.82, 2.24) is 10.2 Å². The predicted octanol–water partition coefficient (Wildman–Crippen LogP) is 4.57. The molecule has 0 saturated heterocycles. The minimum absolute atomic E-state index is 0.0758. The highest BCUT2D eigenvalue weighted by Gasteiger charge is 2.32. The summed E-state index contributed by atoms with van der Waals surface area (Å²) >= 11 is 0. The van der Waals surface area contributed by atoms with Crippen molar-refractivity contribution in [3.05, 3.63) is 65.7 Å². The Morgan fingerprint density at radius 2 is 1.68 bits per heavy atom. The van der Waals surface area contributed by atoms with Gasteiger partial charge in [0.1, 0.15) is 6.54 Å². The number of hydrogen-bond donors (Lipinski definition) is 1. The van der Waals surface area contributed by atoms with Gasteiger partial charge in [0.25, 0.3) is 5.91 Å². The van der Waals surface area contributed by atoms with Crippen LogP contribution in [-0.4, -0.2) is 36.5 Å². The van der Waals surface area contributed by atoms with Crippen LogP contribution in [0.25, 0.3) is 5.70 Å². The summed E-state index contributed by atoms with van der Waals surface area (Å²) in [5, 5.41) is 2.97.